The number of hydrogen-bond donors (Lipinski definition) is 1. The van der Waals surface area contributed by atoms with E-state index in [4.69, 9.17) is 5.14 Å². The zero-order chi connectivity index (χ0) is 12.3. The molecule has 1 aromatic carbocycles. The lowest BCUT2D eigenvalue weighted by Crippen LogP contribution is -2.11. The predicted molar refractivity (Wildman–Crippen MR) is 66.1 cm³/mol. The minimum absolute atomic E-state index is 0.382. The molecular weight excluding hydrogens is 226 g/mol. The molecule has 0 amide bonds. The number of benzene rings is 1. The molecule has 0 atom stereocenters. The highest BCUT2D eigenvalue weighted by Crippen LogP contribution is 2.13. The summed E-state index contributed by atoms with van der Waals surface area (Å²) < 4.78 is 25.0. The van der Waals surface area contributed by atoms with E-state index in [9.17, 15) is 8.42 Å². The van der Waals surface area contributed by atoms with Crippen LogP contribution < -0.4 is 10.0 Å². The van der Waals surface area contributed by atoms with Gasteiger partial charge in [-0.15, -0.1) is 0 Å². The first-order valence-corrected chi connectivity index (χ1v) is 6.17. The molecule has 0 aliphatic rings. The Morgan fingerprint density at radius 1 is 1.25 bits per heavy atom. The summed E-state index contributed by atoms with van der Waals surface area (Å²) in [7, 11) is 0.0413. The molecule has 0 fully saturated rings. The molecule has 0 aromatic heterocycles. The summed E-state index contributed by atoms with van der Waals surface area (Å²) in [6.45, 7) is 1.61. The van der Waals surface area contributed by atoms with Crippen molar-refractivity contribution in [2.24, 2.45) is 9.54 Å². The normalized spacial score (nSPS) is 12.6. The molecule has 16 heavy (non-hydrogen) atoms. The zero-order valence-corrected chi connectivity index (χ0v) is 10.3. The Balaban J connectivity index is 3.03. The second-order valence-electron chi connectivity index (χ2n) is 3.63. The maximum absolute atomic E-state index is 10.8. The molecule has 0 saturated carbocycles. The maximum Gasteiger partial charge on any atom is 0.317 e. The molecule has 0 spiro atoms. The van der Waals surface area contributed by atoms with Gasteiger partial charge < -0.3 is 4.90 Å². The minimum atomic E-state index is -3.82. The number of rotatable bonds is 3. The number of hydrogen-bond acceptors (Lipinski definition) is 3. The van der Waals surface area contributed by atoms with Gasteiger partial charge in [-0.25, -0.2) is 5.14 Å². The fourth-order valence-corrected chi connectivity index (χ4v) is 1.73. The van der Waals surface area contributed by atoms with Crippen molar-refractivity contribution in [3.8, 4) is 0 Å². The Bertz CT molecular complexity index is 489. The Hall–Kier alpha value is -1.40. The van der Waals surface area contributed by atoms with Crippen molar-refractivity contribution < 1.29 is 8.42 Å². The summed E-state index contributed by atoms with van der Waals surface area (Å²) in [5.41, 5.74) is 2.15. The van der Waals surface area contributed by atoms with Crippen molar-refractivity contribution in [2.75, 3.05) is 19.0 Å². The standard InChI is InChI=1S/C10H15N3O2S/c1-8(12-16(11,14)15)9-4-6-10(7-5-9)13(2)3/h4-7H,1-3H3,(H2,11,14,15)/b12-8-. The van der Waals surface area contributed by atoms with E-state index < -0.39 is 10.2 Å². The van der Waals surface area contributed by atoms with E-state index in [1.807, 2.05) is 31.1 Å². The SMILES string of the molecule is C/C(=N/S(N)(=O)=O)c1ccc(N(C)C)cc1. The molecule has 88 valence electrons. The summed E-state index contributed by atoms with van der Waals surface area (Å²) in [6, 6.07) is 7.38. The second-order valence-corrected chi connectivity index (χ2v) is 4.85. The van der Waals surface area contributed by atoms with Gasteiger partial charge in [0.1, 0.15) is 0 Å². The van der Waals surface area contributed by atoms with Crippen LogP contribution in [-0.2, 0) is 10.2 Å². The van der Waals surface area contributed by atoms with E-state index in [2.05, 4.69) is 4.40 Å². The highest BCUT2D eigenvalue weighted by molar-refractivity contribution is 7.88. The maximum atomic E-state index is 10.8. The van der Waals surface area contributed by atoms with E-state index in [1.54, 1.807) is 19.1 Å². The first-order chi connectivity index (χ1) is 7.29. The van der Waals surface area contributed by atoms with Gasteiger partial charge in [-0.2, -0.15) is 12.8 Å². The van der Waals surface area contributed by atoms with Gasteiger partial charge in [0.15, 0.2) is 0 Å². The van der Waals surface area contributed by atoms with Gasteiger partial charge in [-0.05, 0) is 24.6 Å². The molecule has 0 radical (unpaired) electrons. The molecule has 5 nitrogen and oxygen atoms in total. The highest BCUT2D eigenvalue weighted by atomic mass is 32.2. The van der Waals surface area contributed by atoms with Crippen molar-refractivity contribution in [1.29, 1.82) is 0 Å². The number of nitrogens with two attached hydrogens (primary N) is 1. The van der Waals surface area contributed by atoms with Crippen molar-refractivity contribution in [3.63, 3.8) is 0 Å². The van der Waals surface area contributed by atoms with Crippen LogP contribution in [0, 0.1) is 0 Å². The lowest BCUT2D eigenvalue weighted by atomic mass is 10.1. The number of nitrogens with zero attached hydrogens (tertiary/aromatic N) is 2. The monoisotopic (exact) mass is 241 g/mol. The molecule has 0 bridgehead atoms. The average Bonchev–Trinajstić information content (AvgIpc) is 2.15. The molecule has 6 heteroatoms. The lowest BCUT2D eigenvalue weighted by molar-refractivity contribution is 0.599. The average molecular weight is 241 g/mol. The molecule has 0 saturated heterocycles. The first kappa shape index (κ1) is 12.7. The van der Waals surface area contributed by atoms with Crippen LogP contribution in [0.25, 0.3) is 0 Å². The molecule has 0 unspecified atom stereocenters. The Kier molecular flexibility index (Phi) is 3.66. The van der Waals surface area contributed by atoms with Gasteiger partial charge in [-0.3, -0.25) is 0 Å². The van der Waals surface area contributed by atoms with Gasteiger partial charge in [0.2, 0.25) is 0 Å². The zero-order valence-electron chi connectivity index (χ0n) is 9.51. The number of anilines is 1. The Labute approximate surface area is 95.8 Å². The van der Waals surface area contributed by atoms with Crippen LogP contribution in [0.2, 0.25) is 0 Å². The van der Waals surface area contributed by atoms with Crippen LogP contribution in [-0.4, -0.2) is 28.2 Å². The van der Waals surface area contributed by atoms with Gasteiger partial charge in [0.05, 0.1) is 5.71 Å². The van der Waals surface area contributed by atoms with Crippen LogP contribution in [0.5, 0.6) is 0 Å². The van der Waals surface area contributed by atoms with E-state index >= 15 is 0 Å². The van der Waals surface area contributed by atoms with Gasteiger partial charge in [-0.1, -0.05) is 12.1 Å². The molecular formula is C10H15N3O2S. The van der Waals surface area contributed by atoms with Crippen LogP contribution in [0.3, 0.4) is 0 Å². The van der Waals surface area contributed by atoms with Crippen LogP contribution in [0.15, 0.2) is 28.7 Å². The summed E-state index contributed by atoms with van der Waals surface area (Å²) >= 11 is 0. The van der Waals surface area contributed by atoms with Crippen LogP contribution in [0.1, 0.15) is 12.5 Å². The van der Waals surface area contributed by atoms with Crippen molar-refractivity contribution in [2.45, 2.75) is 6.92 Å². The summed E-state index contributed by atoms with van der Waals surface area (Å²) in [4.78, 5) is 1.95. The van der Waals surface area contributed by atoms with Gasteiger partial charge in [0, 0.05) is 19.8 Å². The van der Waals surface area contributed by atoms with Crippen molar-refractivity contribution in [3.05, 3.63) is 29.8 Å². The largest absolute Gasteiger partial charge is 0.378 e. The molecule has 2 N–H and O–H groups in total. The third-order valence-electron chi connectivity index (χ3n) is 2.07. The molecule has 1 rings (SSSR count). The van der Waals surface area contributed by atoms with Crippen molar-refractivity contribution in [1.82, 2.24) is 0 Å². The first-order valence-electron chi connectivity index (χ1n) is 4.66. The molecule has 1 aromatic rings. The fourth-order valence-electron chi connectivity index (χ4n) is 1.24. The smallest absolute Gasteiger partial charge is 0.317 e. The predicted octanol–water partition coefficient (Wildman–Crippen LogP) is 0.765. The third kappa shape index (κ3) is 3.63. The molecule has 0 aliphatic heterocycles. The lowest BCUT2D eigenvalue weighted by Gasteiger charge is -2.12. The highest BCUT2D eigenvalue weighted by Gasteiger charge is 2.03. The Morgan fingerprint density at radius 2 is 1.75 bits per heavy atom. The molecule has 0 heterocycles. The van der Waals surface area contributed by atoms with E-state index in [-0.39, 0.29) is 0 Å². The second kappa shape index (κ2) is 4.63. The van der Waals surface area contributed by atoms with E-state index in [1.165, 1.54) is 0 Å². The van der Waals surface area contributed by atoms with Crippen LogP contribution >= 0.6 is 0 Å². The van der Waals surface area contributed by atoms with Crippen molar-refractivity contribution >= 4 is 21.6 Å². The van der Waals surface area contributed by atoms with E-state index in [0.717, 1.165) is 11.3 Å². The third-order valence-corrected chi connectivity index (χ3v) is 2.59. The van der Waals surface area contributed by atoms with Gasteiger partial charge >= 0.3 is 10.2 Å². The summed E-state index contributed by atoms with van der Waals surface area (Å²) in [6.07, 6.45) is 0. The van der Waals surface area contributed by atoms with E-state index in [0.29, 0.717) is 5.71 Å². The molecule has 0 aliphatic carbocycles. The fraction of sp³-hybridized carbons (Fsp3) is 0.300. The summed E-state index contributed by atoms with van der Waals surface area (Å²) in [5, 5.41) is 4.83. The summed E-state index contributed by atoms with van der Waals surface area (Å²) in [5.74, 6) is 0. The quantitative estimate of drug-likeness (QED) is 0.794. The Morgan fingerprint density at radius 3 is 2.12 bits per heavy atom. The minimum Gasteiger partial charge on any atom is -0.378 e. The van der Waals surface area contributed by atoms with Crippen LogP contribution in [0.4, 0.5) is 5.69 Å². The van der Waals surface area contributed by atoms with Gasteiger partial charge in [0.25, 0.3) is 0 Å². The topological polar surface area (TPSA) is 75.8 Å².